The first-order valence-electron chi connectivity index (χ1n) is 6.33. The van der Waals surface area contributed by atoms with Crippen LogP contribution < -0.4 is 5.73 Å². The van der Waals surface area contributed by atoms with Crippen LogP contribution in [-0.2, 0) is 10.0 Å². The molecular formula is C12H15BrClFN2O3S. The molecule has 0 saturated carbocycles. The lowest BCUT2D eigenvalue weighted by atomic mass is 10.0. The molecule has 0 aromatic heterocycles. The van der Waals surface area contributed by atoms with E-state index in [-0.39, 0.29) is 40.8 Å². The van der Waals surface area contributed by atoms with E-state index in [1.165, 1.54) is 4.31 Å². The van der Waals surface area contributed by atoms with Crippen molar-refractivity contribution in [2.75, 3.05) is 25.4 Å². The zero-order chi connectivity index (χ0) is 15.8. The maximum Gasteiger partial charge on any atom is 0.246 e. The topological polar surface area (TPSA) is 83.6 Å². The van der Waals surface area contributed by atoms with Gasteiger partial charge in [-0.1, -0.05) is 11.6 Å². The lowest BCUT2D eigenvalue weighted by molar-refractivity contribution is 0.165. The molecule has 1 aliphatic rings. The lowest BCUT2D eigenvalue weighted by Crippen LogP contribution is -2.41. The summed E-state index contributed by atoms with van der Waals surface area (Å²) in [6.07, 6.45) is 1.36. The molecule has 9 heteroatoms. The molecule has 1 atom stereocenters. The Labute approximate surface area is 136 Å². The number of aliphatic hydroxyl groups excluding tert-OH is 1. The second-order valence-electron chi connectivity index (χ2n) is 4.95. The van der Waals surface area contributed by atoms with E-state index >= 15 is 0 Å². The summed E-state index contributed by atoms with van der Waals surface area (Å²) in [4.78, 5) is -0.535. The fourth-order valence-corrected chi connectivity index (χ4v) is 4.54. The van der Waals surface area contributed by atoms with Crippen LogP contribution in [0.25, 0.3) is 0 Å². The number of nitrogen functional groups attached to an aromatic ring is 1. The molecule has 0 radical (unpaired) electrons. The van der Waals surface area contributed by atoms with Crippen LogP contribution in [0.4, 0.5) is 10.1 Å². The predicted molar refractivity (Wildman–Crippen MR) is 82.1 cm³/mol. The SMILES string of the molecule is Nc1c(F)c(S(=O)(=O)N2CCCC(CO)C2)cc(Cl)c1Br. The van der Waals surface area contributed by atoms with Crippen LogP contribution in [0.2, 0.25) is 5.02 Å². The van der Waals surface area contributed by atoms with E-state index in [2.05, 4.69) is 15.9 Å². The Bertz CT molecular complexity index is 656. The van der Waals surface area contributed by atoms with E-state index in [4.69, 9.17) is 17.3 Å². The Morgan fingerprint density at radius 1 is 1.57 bits per heavy atom. The van der Waals surface area contributed by atoms with Crippen molar-refractivity contribution >= 4 is 43.2 Å². The number of hydrogen-bond donors (Lipinski definition) is 2. The number of nitrogens with zero attached hydrogens (tertiary/aromatic N) is 1. The molecule has 1 fully saturated rings. The average Bonchev–Trinajstić information content (AvgIpc) is 2.48. The van der Waals surface area contributed by atoms with Gasteiger partial charge in [-0.15, -0.1) is 0 Å². The highest BCUT2D eigenvalue weighted by molar-refractivity contribution is 9.10. The number of piperidine rings is 1. The van der Waals surface area contributed by atoms with Gasteiger partial charge in [0, 0.05) is 19.7 Å². The van der Waals surface area contributed by atoms with E-state index in [0.29, 0.717) is 6.42 Å². The Kier molecular flexibility index (Phi) is 5.15. The molecular weight excluding hydrogens is 387 g/mol. The molecule has 5 nitrogen and oxygen atoms in total. The number of halogens is 3. The highest BCUT2D eigenvalue weighted by Crippen LogP contribution is 2.36. The van der Waals surface area contributed by atoms with Crippen molar-refractivity contribution in [2.45, 2.75) is 17.7 Å². The van der Waals surface area contributed by atoms with E-state index in [0.717, 1.165) is 12.5 Å². The van der Waals surface area contributed by atoms with E-state index < -0.39 is 20.7 Å². The van der Waals surface area contributed by atoms with Crippen molar-refractivity contribution in [3.8, 4) is 0 Å². The van der Waals surface area contributed by atoms with Crippen LogP contribution in [0.1, 0.15) is 12.8 Å². The Morgan fingerprint density at radius 3 is 2.86 bits per heavy atom. The van der Waals surface area contributed by atoms with E-state index in [1.807, 2.05) is 0 Å². The zero-order valence-electron chi connectivity index (χ0n) is 11.0. The third kappa shape index (κ3) is 3.19. The highest BCUT2D eigenvalue weighted by atomic mass is 79.9. The van der Waals surface area contributed by atoms with Crippen molar-refractivity contribution in [3.63, 3.8) is 0 Å². The van der Waals surface area contributed by atoms with Gasteiger partial charge in [-0.3, -0.25) is 0 Å². The molecule has 1 aromatic rings. The molecule has 21 heavy (non-hydrogen) atoms. The smallest absolute Gasteiger partial charge is 0.246 e. The molecule has 0 amide bonds. The second kappa shape index (κ2) is 6.37. The van der Waals surface area contributed by atoms with E-state index in [9.17, 15) is 17.9 Å². The van der Waals surface area contributed by atoms with Gasteiger partial charge in [-0.05, 0) is 40.8 Å². The van der Waals surface area contributed by atoms with Crippen molar-refractivity contribution in [1.82, 2.24) is 4.31 Å². The van der Waals surface area contributed by atoms with Gasteiger partial charge in [0.15, 0.2) is 5.82 Å². The van der Waals surface area contributed by atoms with Crippen LogP contribution in [0, 0.1) is 11.7 Å². The summed E-state index contributed by atoms with van der Waals surface area (Å²) in [7, 11) is -4.04. The average molecular weight is 402 g/mol. The number of rotatable bonds is 3. The van der Waals surface area contributed by atoms with Gasteiger partial charge in [-0.25, -0.2) is 12.8 Å². The van der Waals surface area contributed by atoms with Crippen molar-refractivity contribution in [2.24, 2.45) is 5.92 Å². The van der Waals surface area contributed by atoms with Crippen LogP contribution in [-0.4, -0.2) is 37.5 Å². The molecule has 0 bridgehead atoms. The van der Waals surface area contributed by atoms with Crippen molar-refractivity contribution < 1.29 is 17.9 Å². The van der Waals surface area contributed by atoms with Gasteiger partial charge in [0.25, 0.3) is 0 Å². The van der Waals surface area contributed by atoms with Crippen molar-refractivity contribution in [3.05, 3.63) is 21.4 Å². The number of nitrogens with two attached hydrogens (primary N) is 1. The normalized spacial score (nSPS) is 20.7. The summed E-state index contributed by atoms with van der Waals surface area (Å²) >= 11 is 8.88. The first-order chi connectivity index (χ1) is 9.78. The largest absolute Gasteiger partial charge is 0.396 e. The lowest BCUT2D eigenvalue weighted by Gasteiger charge is -2.31. The van der Waals surface area contributed by atoms with Crippen LogP contribution in [0.5, 0.6) is 0 Å². The Hall–Kier alpha value is -0.410. The maximum atomic E-state index is 14.2. The molecule has 3 N–H and O–H groups in total. The fourth-order valence-electron chi connectivity index (χ4n) is 2.32. The zero-order valence-corrected chi connectivity index (χ0v) is 14.2. The number of anilines is 1. The van der Waals surface area contributed by atoms with Gasteiger partial charge >= 0.3 is 0 Å². The van der Waals surface area contributed by atoms with Crippen molar-refractivity contribution in [1.29, 1.82) is 0 Å². The van der Waals surface area contributed by atoms with Gasteiger partial charge in [0.2, 0.25) is 10.0 Å². The molecule has 2 rings (SSSR count). The summed E-state index contributed by atoms with van der Waals surface area (Å²) in [5, 5.41) is 9.21. The monoisotopic (exact) mass is 400 g/mol. The number of aliphatic hydroxyl groups is 1. The minimum Gasteiger partial charge on any atom is -0.396 e. The Morgan fingerprint density at radius 2 is 2.24 bits per heavy atom. The predicted octanol–water partition coefficient (Wildman–Crippen LogP) is 2.22. The van der Waals surface area contributed by atoms with Crippen LogP contribution >= 0.6 is 27.5 Å². The fraction of sp³-hybridized carbons (Fsp3) is 0.500. The van der Waals surface area contributed by atoms with Gasteiger partial charge in [0.1, 0.15) is 4.90 Å². The van der Waals surface area contributed by atoms with Gasteiger partial charge < -0.3 is 10.8 Å². The van der Waals surface area contributed by atoms with Gasteiger partial charge in [0.05, 0.1) is 15.2 Å². The molecule has 1 heterocycles. The number of hydrogen-bond acceptors (Lipinski definition) is 4. The molecule has 0 spiro atoms. The standard InChI is InChI=1S/C12H15BrClFN2O3S/c13-10-8(14)4-9(11(15)12(10)16)21(19,20)17-3-1-2-7(5-17)6-18/h4,7,18H,1-3,5-6,16H2. The summed E-state index contributed by atoms with van der Waals surface area (Å²) < 4.78 is 40.6. The van der Waals surface area contributed by atoms with E-state index in [1.54, 1.807) is 0 Å². The molecule has 1 aliphatic heterocycles. The third-order valence-corrected chi connectivity index (χ3v) is 6.76. The molecule has 0 aliphatic carbocycles. The number of benzene rings is 1. The third-order valence-electron chi connectivity index (χ3n) is 3.51. The summed E-state index contributed by atoms with van der Waals surface area (Å²) in [5.41, 5.74) is 5.20. The second-order valence-corrected chi connectivity index (χ2v) is 8.06. The molecule has 118 valence electrons. The quantitative estimate of drug-likeness (QED) is 0.601. The maximum absolute atomic E-state index is 14.2. The molecule has 1 unspecified atom stereocenters. The number of sulfonamides is 1. The molecule has 1 saturated heterocycles. The minimum absolute atomic E-state index is 0.0307. The van der Waals surface area contributed by atoms with Crippen LogP contribution in [0.3, 0.4) is 0 Å². The Balaban J connectivity index is 2.45. The highest BCUT2D eigenvalue weighted by Gasteiger charge is 2.33. The van der Waals surface area contributed by atoms with Gasteiger partial charge in [-0.2, -0.15) is 4.31 Å². The first-order valence-corrected chi connectivity index (χ1v) is 8.94. The summed E-state index contributed by atoms with van der Waals surface area (Å²) in [5.74, 6) is -1.16. The molecule has 1 aromatic carbocycles. The summed E-state index contributed by atoms with van der Waals surface area (Å²) in [6.45, 7) is 0.343. The summed E-state index contributed by atoms with van der Waals surface area (Å²) in [6, 6.07) is 1.05. The van der Waals surface area contributed by atoms with Crippen LogP contribution in [0.15, 0.2) is 15.4 Å². The first kappa shape index (κ1) is 17.0. The minimum atomic E-state index is -4.04.